The largest absolute Gasteiger partial charge is 0.366 e. The first-order valence-corrected chi connectivity index (χ1v) is 5.98. The van der Waals surface area contributed by atoms with Gasteiger partial charge in [-0.15, -0.1) is 13.2 Å². The molecule has 0 rings (SSSR count). The number of allylic oxidation sites excluding steroid dienone is 2. The Morgan fingerprint density at radius 3 is 1.76 bits per heavy atom. The molecule has 0 spiro atoms. The summed E-state index contributed by atoms with van der Waals surface area (Å²) in [6.45, 7) is 16.8. The molecule has 0 aliphatic heterocycles. The molecule has 0 unspecified atom stereocenters. The second-order valence-electron chi connectivity index (χ2n) is 3.81. The minimum atomic E-state index is -0.435. The second kappa shape index (κ2) is 12.0. The smallest absolute Gasteiger partial charge is 0.243 e. The molecular weight excluding hydrogens is 264 g/mol. The first kappa shape index (κ1) is 20.3. The van der Waals surface area contributed by atoms with Crippen LogP contribution in [0, 0.1) is 22.7 Å². The average Bonchev–Trinajstić information content (AvgIpc) is 2.45. The van der Waals surface area contributed by atoms with Crippen LogP contribution in [0.3, 0.4) is 0 Å². The maximum atomic E-state index is 9.82. The highest BCUT2D eigenvalue weighted by Crippen LogP contribution is 2.11. The Morgan fingerprint density at radius 1 is 1.19 bits per heavy atom. The van der Waals surface area contributed by atoms with Gasteiger partial charge in [-0.1, -0.05) is 25.3 Å². The topological polar surface area (TPSA) is 93.9 Å². The van der Waals surface area contributed by atoms with Crippen LogP contribution < -0.4 is 5.73 Å². The van der Waals surface area contributed by atoms with Crippen molar-refractivity contribution in [3.63, 3.8) is 0 Å². The van der Waals surface area contributed by atoms with E-state index in [1.165, 1.54) is 6.08 Å². The highest BCUT2D eigenvalue weighted by atomic mass is 16.1. The third-order valence-corrected chi connectivity index (χ3v) is 2.13. The summed E-state index contributed by atoms with van der Waals surface area (Å²) in [7, 11) is 0. The molecule has 5 heteroatoms. The van der Waals surface area contributed by atoms with Gasteiger partial charge in [0.2, 0.25) is 5.91 Å². The Morgan fingerprint density at radius 2 is 1.57 bits per heavy atom. The minimum Gasteiger partial charge on any atom is -0.366 e. The number of nitriles is 2. The number of nitrogens with two attached hydrogens (primary N) is 1. The van der Waals surface area contributed by atoms with Crippen LogP contribution in [0.2, 0.25) is 0 Å². The lowest BCUT2D eigenvalue weighted by atomic mass is 10.2. The predicted octanol–water partition coefficient (Wildman–Crippen LogP) is 2.20. The number of rotatable bonds is 7. The normalized spacial score (nSPS) is 7.76. The average molecular weight is 284 g/mol. The monoisotopic (exact) mass is 284 g/mol. The predicted molar refractivity (Wildman–Crippen MR) is 84.4 cm³/mol. The van der Waals surface area contributed by atoms with Gasteiger partial charge in [0.1, 0.15) is 12.1 Å². The van der Waals surface area contributed by atoms with Crippen LogP contribution in [-0.2, 0) is 4.79 Å². The highest BCUT2D eigenvalue weighted by Gasteiger charge is 2.09. The van der Waals surface area contributed by atoms with Crippen molar-refractivity contribution in [1.82, 2.24) is 4.90 Å². The SMILES string of the molecule is C=C(C)C(N)=O.C=CCN(CC=C)C(C=C)=C(C#N)C#N. The third-order valence-electron chi connectivity index (χ3n) is 2.13. The van der Waals surface area contributed by atoms with Crippen molar-refractivity contribution >= 4 is 5.91 Å². The molecule has 0 aliphatic rings. The van der Waals surface area contributed by atoms with Gasteiger partial charge >= 0.3 is 0 Å². The number of carbonyl (C=O) groups is 1. The zero-order valence-electron chi connectivity index (χ0n) is 12.3. The minimum absolute atomic E-state index is 0.0497. The summed E-state index contributed by atoms with van der Waals surface area (Å²) in [5.41, 5.74) is 5.66. The number of hydrogen-bond donors (Lipinski definition) is 1. The van der Waals surface area contributed by atoms with Gasteiger partial charge in [0.05, 0.1) is 5.70 Å². The van der Waals surface area contributed by atoms with Crippen molar-refractivity contribution in [2.24, 2.45) is 5.73 Å². The van der Waals surface area contributed by atoms with Crippen LogP contribution in [0.15, 0.2) is 61.4 Å². The lowest BCUT2D eigenvalue weighted by Crippen LogP contribution is -2.23. The maximum Gasteiger partial charge on any atom is 0.243 e. The zero-order valence-corrected chi connectivity index (χ0v) is 12.3. The fourth-order valence-electron chi connectivity index (χ4n) is 1.11. The molecule has 0 heterocycles. The van der Waals surface area contributed by atoms with Crippen molar-refractivity contribution in [3.05, 3.63) is 61.4 Å². The molecule has 5 nitrogen and oxygen atoms in total. The fraction of sp³-hybridized carbons (Fsp3) is 0.188. The van der Waals surface area contributed by atoms with E-state index in [1.807, 2.05) is 12.1 Å². The molecule has 0 fully saturated rings. The molecule has 0 aliphatic carbocycles. The van der Waals surface area contributed by atoms with Crippen molar-refractivity contribution in [2.75, 3.05) is 13.1 Å². The van der Waals surface area contributed by atoms with Gasteiger partial charge in [-0.05, 0) is 13.0 Å². The summed E-state index contributed by atoms with van der Waals surface area (Å²) in [6, 6.07) is 3.67. The molecule has 0 aromatic carbocycles. The van der Waals surface area contributed by atoms with Crippen LogP contribution >= 0.6 is 0 Å². The molecule has 21 heavy (non-hydrogen) atoms. The second-order valence-corrected chi connectivity index (χ2v) is 3.81. The van der Waals surface area contributed by atoms with Crippen molar-refractivity contribution < 1.29 is 4.79 Å². The third kappa shape index (κ3) is 8.63. The maximum absolute atomic E-state index is 9.82. The summed E-state index contributed by atoms with van der Waals surface area (Å²) >= 11 is 0. The van der Waals surface area contributed by atoms with E-state index in [0.717, 1.165) is 0 Å². The molecule has 1 amide bonds. The van der Waals surface area contributed by atoms with Gasteiger partial charge in [-0.3, -0.25) is 4.79 Å². The Labute approximate surface area is 126 Å². The van der Waals surface area contributed by atoms with E-state index in [-0.39, 0.29) is 5.57 Å². The van der Waals surface area contributed by atoms with Gasteiger partial charge in [0, 0.05) is 18.7 Å². The van der Waals surface area contributed by atoms with Crippen LogP contribution in [0.5, 0.6) is 0 Å². The van der Waals surface area contributed by atoms with Gasteiger partial charge < -0.3 is 10.6 Å². The zero-order chi connectivity index (χ0) is 16.8. The molecule has 0 aromatic heterocycles. The van der Waals surface area contributed by atoms with Gasteiger partial charge in [0.15, 0.2) is 5.57 Å². The fourth-order valence-corrected chi connectivity index (χ4v) is 1.11. The van der Waals surface area contributed by atoms with Crippen LogP contribution in [0.25, 0.3) is 0 Å². The van der Waals surface area contributed by atoms with Crippen molar-refractivity contribution in [3.8, 4) is 12.1 Å². The number of primary amides is 1. The van der Waals surface area contributed by atoms with Crippen LogP contribution in [0.1, 0.15) is 6.92 Å². The molecule has 0 saturated heterocycles. The highest BCUT2D eigenvalue weighted by molar-refractivity contribution is 5.90. The Kier molecular flexibility index (Phi) is 11.6. The van der Waals surface area contributed by atoms with E-state index in [0.29, 0.717) is 24.4 Å². The quantitative estimate of drug-likeness (QED) is 0.335. The molecule has 0 atom stereocenters. The van der Waals surface area contributed by atoms with E-state index in [4.69, 9.17) is 16.3 Å². The molecule has 2 N–H and O–H groups in total. The standard InChI is InChI=1S/C12H13N3.C4H7NO/c1-4-7-15(8-5-2)12(6-3)11(9-13)10-14;1-3(2)4(5)6/h4-6H,1-3,7-8H2;1H2,2H3,(H2,5,6). The van der Waals surface area contributed by atoms with Gasteiger partial charge in [-0.25, -0.2) is 0 Å². The summed E-state index contributed by atoms with van der Waals surface area (Å²) in [4.78, 5) is 11.6. The van der Waals surface area contributed by atoms with E-state index >= 15 is 0 Å². The summed E-state index contributed by atoms with van der Waals surface area (Å²) in [5, 5.41) is 17.5. The van der Waals surface area contributed by atoms with E-state index in [2.05, 4.69) is 26.3 Å². The van der Waals surface area contributed by atoms with E-state index < -0.39 is 5.91 Å². The molecule has 110 valence electrons. The lowest BCUT2D eigenvalue weighted by Gasteiger charge is -2.22. The molecule has 0 aromatic rings. The van der Waals surface area contributed by atoms with E-state index in [9.17, 15) is 4.79 Å². The number of hydrogen-bond acceptors (Lipinski definition) is 4. The van der Waals surface area contributed by atoms with Gasteiger partial charge in [-0.2, -0.15) is 10.5 Å². The number of amides is 1. The van der Waals surface area contributed by atoms with Crippen molar-refractivity contribution in [2.45, 2.75) is 6.92 Å². The Hall–Kier alpha value is -3.05. The molecular formula is C16H20N4O. The van der Waals surface area contributed by atoms with Crippen LogP contribution in [-0.4, -0.2) is 23.9 Å². The molecule has 0 radical (unpaired) electrons. The number of nitrogens with zero attached hydrogens (tertiary/aromatic N) is 3. The van der Waals surface area contributed by atoms with E-state index in [1.54, 1.807) is 24.0 Å². The molecule has 0 saturated carbocycles. The molecule has 0 bridgehead atoms. The Bertz CT molecular complexity index is 491. The lowest BCUT2D eigenvalue weighted by molar-refractivity contribution is -0.114. The first-order chi connectivity index (χ1) is 9.89. The Balaban J connectivity index is 0. The summed E-state index contributed by atoms with van der Waals surface area (Å²) in [6.07, 6.45) is 4.88. The number of carbonyl (C=O) groups excluding carboxylic acids is 1. The first-order valence-electron chi connectivity index (χ1n) is 5.98. The summed E-state index contributed by atoms with van der Waals surface area (Å²) < 4.78 is 0. The van der Waals surface area contributed by atoms with Crippen molar-refractivity contribution in [1.29, 1.82) is 10.5 Å². The van der Waals surface area contributed by atoms with Gasteiger partial charge in [0.25, 0.3) is 0 Å². The summed E-state index contributed by atoms with van der Waals surface area (Å²) in [5.74, 6) is -0.435. The van der Waals surface area contributed by atoms with Crippen LogP contribution in [0.4, 0.5) is 0 Å².